The van der Waals surface area contributed by atoms with Crippen LogP contribution in [0, 0.1) is 0 Å². The molecule has 0 aromatic heterocycles. The van der Waals surface area contributed by atoms with E-state index in [9.17, 15) is 19.5 Å². The van der Waals surface area contributed by atoms with E-state index in [-0.39, 0.29) is 36.2 Å². The molecule has 2 atom stereocenters. The zero-order valence-corrected chi connectivity index (χ0v) is 40.0. The average molecular weight is 839 g/mol. The van der Waals surface area contributed by atoms with Crippen LogP contribution in [0.5, 0.6) is 0 Å². The van der Waals surface area contributed by atoms with Crippen molar-refractivity contribution in [3.63, 3.8) is 0 Å². The van der Waals surface area contributed by atoms with Crippen LogP contribution in [0.1, 0.15) is 258 Å². The Morgan fingerprint density at radius 2 is 0.746 bits per heavy atom. The highest BCUT2D eigenvalue weighted by atomic mass is 16.6. The molecule has 2 unspecified atom stereocenters. The predicted molar refractivity (Wildman–Crippen MR) is 248 cm³/mol. The Morgan fingerprint density at radius 1 is 0.441 bits per heavy atom. The van der Waals surface area contributed by atoms with Crippen molar-refractivity contribution in [2.75, 3.05) is 41.0 Å². The SMILES string of the molecule is CCCCCCCCCCCCCCCCCCCCC(=O)OCC(COCCC(C(=O)O)[N+](C)(C)C)OC(=O)CCCCCCCCCCCCCCCCCCC. The van der Waals surface area contributed by atoms with Crippen LogP contribution >= 0.6 is 0 Å². The largest absolute Gasteiger partial charge is 0.477 e. The van der Waals surface area contributed by atoms with Gasteiger partial charge in [0, 0.05) is 19.3 Å². The maximum atomic E-state index is 12.8. The Labute approximate surface area is 366 Å². The summed E-state index contributed by atoms with van der Waals surface area (Å²) in [5.74, 6) is -1.44. The van der Waals surface area contributed by atoms with E-state index in [0.29, 0.717) is 19.3 Å². The van der Waals surface area contributed by atoms with Crippen molar-refractivity contribution >= 4 is 17.9 Å². The average Bonchev–Trinajstić information content (AvgIpc) is 3.19. The summed E-state index contributed by atoms with van der Waals surface area (Å²) in [7, 11) is 5.55. The van der Waals surface area contributed by atoms with E-state index < -0.39 is 18.1 Å². The predicted octanol–water partition coefficient (Wildman–Crippen LogP) is 14.5. The number of carbonyl (C=O) groups is 3. The first-order chi connectivity index (χ1) is 28.6. The quantitative estimate of drug-likeness (QED) is 0.0370. The van der Waals surface area contributed by atoms with E-state index in [4.69, 9.17) is 14.2 Å². The lowest BCUT2D eigenvalue weighted by Gasteiger charge is -2.31. The van der Waals surface area contributed by atoms with Crippen molar-refractivity contribution in [1.29, 1.82) is 0 Å². The van der Waals surface area contributed by atoms with Crippen LogP contribution in [-0.4, -0.2) is 80.6 Å². The van der Waals surface area contributed by atoms with Gasteiger partial charge in [-0.1, -0.05) is 226 Å². The van der Waals surface area contributed by atoms with Gasteiger partial charge in [-0.25, -0.2) is 4.79 Å². The summed E-state index contributed by atoms with van der Waals surface area (Å²) >= 11 is 0. The minimum absolute atomic E-state index is 0.0413. The number of carbonyl (C=O) groups excluding carboxylic acids is 2. The fraction of sp³-hybridized carbons (Fsp3) is 0.941. The highest BCUT2D eigenvalue weighted by Gasteiger charge is 2.31. The minimum atomic E-state index is -0.869. The smallest absolute Gasteiger partial charge is 0.362 e. The number of carboxylic acids is 1. The zero-order valence-electron chi connectivity index (χ0n) is 40.0. The van der Waals surface area contributed by atoms with Gasteiger partial charge in [0.05, 0.1) is 34.4 Å². The standard InChI is InChI=1S/C51H99NO7/c1-6-8-10-12-14-16-18-20-22-24-26-27-29-31-33-35-37-39-41-49(53)58-46-47(45-57-44-43-48(51(55)56)52(3,4)5)59-50(54)42-40-38-36-34-32-30-28-25-23-21-19-17-15-13-11-9-7-2/h47-48H,6-46H2,1-5H3/p+1. The molecule has 8 nitrogen and oxygen atoms in total. The second kappa shape index (κ2) is 43.0. The molecule has 0 saturated heterocycles. The first kappa shape index (κ1) is 57.3. The van der Waals surface area contributed by atoms with Gasteiger partial charge < -0.3 is 23.8 Å². The molecule has 0 saturated carbocycles. The van der Waals surface area contributed by atoms with Gasteiger partial charge >= 0.3 is 17.9 Å². The van der Waals surface area contributed by atoms with E-state index in [2.05, 4.69) is 13.8 Å². The van der Waals surface area contributed by atoms with Gasteiger partial charge in [-0.15, -0.1) is 0 Å². The molecule has 0 radical (unpaired) electrons. The van der Waals surface area contributed by atoms with Gasteiger partial charge in [-0.3, -0.25) is 9.59 Å². The molecule has 0 bridgehead atoms. The molecular formula is C51H100NO7+. The molecule has 0 heterocycles. The highest BCUT2D eigenvalue weighted by Crippen LogP contribution is 2.17. The lowest BCUT2D eigenvalue weighted by Crippen LogP contribution is -2.50. The second-order valence-electron chi connectivity index (χ2n) is 18.8. The van der Waals surface area contributed by atoms with Gasteiger partial charge in [0.2, 0.25) is 0 Å². The minimum Gasteiger partial charge on any atom is -0.477 e. The molecule has 0 aliphatic heterocycles. The number of nitrogens with zero attached hydrogens (tertiary/aromatic N) is 1. The normalized spacial score (nSPS) is 12.8. The van der Waals surface area contributed by atoms with E-state index in [1.807, 2.05) is 21.1 Å². The summed E-state index contributed by atoms with van der Waals surface area (Å²) in [4.78, 5) is 37.1. The van der Waals surface area contributed by atoms with Crippen LogP contribution in [0.2, 0.25) is 0 Å². The number of hydrogen-bond acceptors (Lipinski definition) is 6. The highest BCUT2D eigenvalue weighted by molar-refractivity contribution is 5.72. The van der Waals surface area contributed by atoms with Gasteiger partial charge in [-0.05, 0) is 12.8 Å². The zero-order chi connectivity index (χ0) is 43.5. The third-order valence-electron chi connectivity index (χ3n) is 12.0. The maximum Gasteiger partial charge on any atom is 0.362 e. The molecule has 0 aromatic rings. The number of likely N-dealkylation sites (N-methyl/N-ethyl adjacent to an activating group) is 1. The van der Waals surface area contributed by atoms with Gasteiger partial charge in [0.25, 0.3) is 0 Å². The Kier molecular flexibility index (Phi) is 41.8. The number of hydrogen-bond donors (Lipinski definition) is 1. The van der Waals surface area contributed by atoms with Crippen LogP contribution < -0.4 is 0 Å². The number of ether oxygens (including phenoxy) is 3. The summed E-state index contributed by atoms with van der Waals surface area (Å²) in [6.07, 6.45) is 45.7. The van der Waals surface area contributed by atoms with E-state index in [1.54, 1.807) is 0 Å². The van der Waals surface area contributed by atoms with Crippen molar-refractivity contribution in [3.05, 3.63) is 0 Å². The number of unbranched alkanes of at least 4 members (excludes halogenated alkanes) is 33. The second-order valence-corrected chi connectivity index (χ2v) is 18.8. The molecule has 0 aliphatic rings. The van der Waals surface area contributed by atoms with Crippen LogP contribution in [0.3, 0.4) is 0 Å². The van der Waals surface area contributed by atoms with E-state index in [0.717, 1.165) is 38.5 Å². The molecular weight excluding hydrogens is 739 g/mol. The summed E-state index contributed by atoms with van der Waals surface area (Å²) < 4.78 is 17.4. The number of carboxylic acid groups (broad SMARTS) is 1. The third kappa shape index (κ3) is 41.5. The van der Waals surface area contributed by atoms with Crippen LogP contribution in [0.4, 0.5) is 0 Å². The monoisotopic (exact) mass is 839 g/mol. The third-order valence-corrected chi connectivity index (χ3v) is 12.0. The van der Waals surface area contributed by atoms with Crippen molar-refractivity contribution in [2.45, 2.75) is 270 Å². The topological polar surface area (TPSA) is 99.1 Å². The van der Waals surface area contributed by atoms with Crippen LogP contribution in [0.15, 0.2) is 0 Å². The van der Waals surface area contributed by atoms with Gasteiger partial charge in [0.1, 0.15) is 6.61 Å². The van der Waals surface area contributed by atoms with Gasteiger partial charge in [0.15, 0.2) is 12.1 Å². The molecule has 0 spiro atoms. The van der Waals surface area contributed by atoms with E-state index >= 15 is 0 Å². The molecule has 0 aliphatic carbocycles. The molecule has 8 heteroatoms. The van der Waals surface area contributed by atoms with Crippen molar-refractivity contribution in [1.82, 2.24) is 0 Å². The Balaban J connectivity index is 4.20. The summed E-state index contributed by atoms with van der Waals surface area (Å²) in [6, 6.07) is -0.608. The first-order valence-electron chi connectivity index (χ1n) is 25.6. The lowest BCUT2D eigenvalue weighted by molar-refractivity contribution is -0.887. The molecule has 0 rings (SSSR count). The van der Waals surface area contributed by atoms with Crippen molar-refractivity contribution < 1.29 is 38.2 Å². The lowest BCUT2D eigenvalue weighted by atomic mass is 10.0. The Hall–Kier alpha value is -1.67. The molecule has 1 N–H and O–H groups in total. The van der Waals surface area contributed by atoms with Crippen LogP contribution in [0.25, 0.3) is 0 Å². The molecule has 0 amide bonds. The molecule has 0 fully saturated rings. The van der Waals surface area contributed by atoms with Crippen molar-refractivity contribution in [3.8, 4) is 0 Å². The number of quaternary nitrogens is 1. The van der Waals surface area contributed by atoms with E-state index in [1.165, 1.54) is 186 Å². The Bertz CT molecular complexity index is 936. The van der Waals surface area contributed by atoms with Crippen LogP contribution in [-0.2, 0) is 28.6 Å². The molecule has 59 heavy (non-hydrogen) atoms. The Morgan fingerprint density at radius 3 is 1.05 bits per heavy atom. The summed E-state index contributed by atoms with van der Waals surface area (Å²) in [5, 5.41) is 9.65. The maximum absolute atomic E-state index is 12.8. The van der Waals surface area contributed by atoms with Gasteiger partial charge in [-0.2, -0.15) is 0 Å². The number of aliphatic carboxylic acids is 1. The summed E-state index contributed by atoms with van der Waals surface area (Å²) in [5.41, 5.74) is 0. The molecule has 350 valence electrons. The number of esters is 2. The summed E-state index contributed by atoms with van der Waals surface area (Å²) in [6.45, 7) is 4.80. The fourth-order valence-electron chi connectivity index (χ4n) is 8.04. The molecule has 0 aromatic carbocycles. The number of rotatable bonds is 47. The fourth-order valence-corrected chi connectivity index (χ4v) is 8.04. The van der Waals surface area contributed by atoms with Crippen molar-refractivity contribution in [2.24, 2.45) is 0 Å². The first-order valence-corrected chi connectivity index (χ1v) is 25.6.